The largest absolute Gasteiger partial charge is 0.481 e. The van der Waals surface area contributed by atoms with Gasteiger partial charge in [-0.3, -0.25) is 9.59 Å². The van der Waals surface area contributed by atoms with Gasteiger partial charge in [-0.1, -0.05) is 0 Å². The Labute approximate surface area is 113 Å². The number of carboxylic acids is 1. The molecule has 0 aliphatic carbocycles. The number of hydrogen-bond acceptors (Lipinski definition) is 3. The number of amides is 1. The van der Waals surface area contributed by atoms with Crippen LogP contribution in [0.25, 0.3) is 0 Å². The highest BCUT2D eigenvalue weighted by Crippen LogP contribution is 2.23. The zero-order chi connectivity index (χ0) is 13.3. The van der Waals surface area contributed by atoms with Crippen LogP contribution in [0.2, 0.25) is 0 Å². The van der Waals surface area contributed by atoms with E-state index in [0.717, 1.165) is 4.47 Å². The van der Waals surface area contributed by atoms with Gasteiger partial charge < -0.3 is 15.7 Å². The molecule has 1 aromatic carbocycles. The maximum absolute atomic E-state index is 12.1. The number of nitrogens with two attached hydrogens (primary N) is 1. The van der Waals surface area contributed by atoms with Gasteiger partial charge in [0.15, 0.2) is 0 Å². The van der Waals surface area contributed by atoms with Crippen LogP contribution < -0.4 is 5.73 Å². The topological polar surface area (TPSA) is 83.6 Å². The zero-order valence-electron chi connectivity index (χ0n) is 9.60. The van der Waals surface area contributed by atoms with E-state index in [0.29, 0.717) is 24.2 Å². The second kappa shape index (κ2) is 4.97. The average molecular weight is 313 g/mol. The van der Waals surface area contributed by atoms with Crippen LogP contribution in [0, 0.1) is 5.92 Å². The molecule has 6 heteroatoms. The van der Waals surface area contributed by atoms with Gasteiger partial charge in [-0.15, -0.1) is 0 Å². The van der Waals surface area contributed by atoms with Crippen LogP contribution in [0.15, 0.2) is 22.7 Å². The number of carbonyl (C=O) groups is 2. The molecule has 0 saturated carbocycles. The molecule has 96 valence electrons. The lowest BCUT2D eigenvalue weighted by Gasteiger charge is -2.16. The first-order valence-electron chi connectivity index (χ1n) is 5.56. The van der Waals surface area contributed by atoms with Gasteiger partial charge in [-0.2, -0.15) is 0 Å². The smallest absolute Gasteiger partial charge is 0.308 e. The summed E-state index contributed by atoms with van der Waals surface area (Å²) in [5.41, 5.74) is 6.70. The molecule has 3 N–H and O–H groups in total. The summed E-state index contributed by atoms with van der Waals surface area (Å²) in [6.07, 6.45) is 0.507. The van der Waals surface area contributed by atoms with Crippen molar-refractivity contribution in [2.45, 2.75) is 6.42 Å². The molecular weight excluding hydrogens is 300 g/mol. The lowest BCUT2D eigenvalue weighted by molar-refractivity contribution is -0.141. The van der Waals surface area contributed by atoms with Crippen LogP contribution in [0.3, 0.4) is 0 Å². The normalized spacial score (nSPS) is 18.9. The minimum Gasteiger partial charge on any atom is -0.481 e. The standard InChI is InChI=1S/C12H13BrN2O3/c13-9-2-1-7(5-10(9)14)11(16)15-4-3-8(6-15)12(17)18/h1-2,5,8H,3-4,6,14H2,(H,17,18). The van der Waals surface area contributed by atoms with Crippen molar-refractivity contribution in [1.29, 1.82) is 0 Å². The predicted molar refractivity (Wildman–Crippen MR) is 70.2 cm³/mol. The first kappa shape index (κ1) is 12.9. The maximum atomic E-state index is 12.1. The Bertz CT molecular complexity index is 504. The summed E-state index contributed by atoms with van der Waals surface area (Å²) >= 11 is 3.26. The van der Waals surface area contributed by atoms with E-state index >= 15 is 0 Å². The Kier molecular flexibility index (Phi) is 3.56. The third-order valence-corrected chi connectivity index (χ3v) is 3.79. The highest BCUT2D eigenvalue weighted by molar-refractivity contribution is 9.10. The fourth-order valence-electron chi connectivity index (χ4n) is 2.01. The number of carboxylic acid groups (broad SMARTS) is 1. The molecule has 1 heterocycles. The summed E-state index contributed by atoms with van der Waals surface area (Å²) in [7, 11) is 0. The van der Waals surface area contributed by atoms with Crippen molar-refractivity contribution < 1.29 is 14.7 Å². The quantitative estimate of drug-likeness (QED) is 0.812. The molecule has 2 rings (SSSR count). The van der Waals surface area contributed by atoms with Gasteiger partial charge in [0.05, 0.1) is 5.92 Å². The number of carbonyl (C=O) groups excluding carboxylic acids is 1. The van der Waals surface area contributed by atoms with Crippen molar-refractivity contribution in [2.24, 2.45) is 5.92 Å². The van der Waals surface area contributed by atoms with E-state index in [4.69, 9.17) is 10.8 Å². The summed E-state index contributed by atoms with van der Waals surface area (Å²) in [4.78, 5) is 24.5. The first-order chi connectivity index (χ1) is 8.49. The van der Waals surface area contributed by atoms with Crippen molar-refractivity contribution in [3.8, 4) is 0 Å². The molecule has 18 heavy (non-hydrogen) atoms. The van der Waals surface area contributed by atoms with Gasteiger partial charge in [0.25, 0.3) is 5.91 Å². The predicted octanol–water partition coefficient (Wildman–Crippen LogP) is 1.58. The third-order valence-electron chi connectivity index (χ3n) is 3.07. The van der Waals surface area contributed by atoms with Gasteiger partial charge in [-0.25, -0.2) is 0 Å². The van der Waals surface area contributed by atoms with Gasteiger partial charge >= 0.3 is 5.97 Å². The number of rotatable bonds is 2. The van der Waals surface area contributed by atoms with Gasteiger partial charge in [0, 0.05) is 28.8 Å². The molecule has 1 amide bonds. The van der Waals surface area contributed by atoms with Crippen LogP contribution >= 0.6 is 15.9 Å². The Hall–Kier alpha value is -1.56. The second-order valence-corrected chi connectivity index (χ2v) is 5.17. The molecule has 1 aromatic rings. The zero-order valence-corrected chi connectivity index (χ0v) is 11.2. The van der Waals surface area contributed by atoms with Crippen molar-refractivity contribution in [3.63, 3.8) is 0 Å². The number of anilines is 1. The molecular formula is C12H13BrN2O3. The van der Waals surface area contributed by atoms with E-state index in [2.05, 4.69) is 15.9 Å². The van der Waals surface area contributed by atoms with Crippen LogP contribution in [0.1, 0.15) is 16.8 Å². The Morgan fingerprint density at radius 1 is 1.44 bits per heavy atom. The number of halogens is 1. The van der Waals surface area contributed by atoms with Crippen LogP contribution in [-0.4, -0.2) is 35.0 Å². The van der Waals surface area contributed by atoms with Crippen LogP contribution in [0.5, 0.6) is 0 Å². The lowest BCUT2D eigenvalue weighted by atomic mass is 10.1. The van der Waals surface area contributed by atoms with Crippen molar-refractivity contribution in [2.75, 3.05) is 18.8 Å². The molecule has 5 nitrogen and oxygen atoms in total. The van der Waals surface area contributed by atoms with Crippen LogP contribution in [-0.2, 0) is 4.79 Å². The minimum atomic E-state index is -0.847. The van der Waals surface area contributed by atoms with E-state index in [1.807, 2.05) is 0 Å². The highest BCUT2D eigenvalue weighted by atomic mass is 79.9. The number of nitrogen functional groups attached to an aromatic ring is 1. The molecule has 0 radical (unpaired) electrons. The Morgan fingerprint density at radius 3 is 2.72 bits per heavy atom. The summed E-state index contributed by atoms with van der Waals surface area (Å²) in [5, 5.41) is 8.90. The number of nitrogens with zero attached hydrogens (tertiary/aromatic N) is 1. The fourth-order valence-corrected chi connectivity index (χ4v) is 2.25. The monoisotopic (exact) mass is 312 g/mol. The Morgan fingerprint density at radius 2 is 2.17 bits per heavy atom. The molecule has 1 aliphatic rings. The molecule has 1 aliphatic heterocycles. The fraction of sp³-hybridized carbons (Fsp3) is 0.333. The summed E-state index contributed by atoms with van der Waals surface area (Å²) in [6.45, 7) is 0.746. The van der Waals surface area contributed by atoms with E-state index in [9.17, 15) is 9.59 Å². The van der Waals surface area contributed by atoms with Gasteiger partial charge in [0.2, 0.25) is 0 Å². The van der Waals surface area contributed by atoms with E-state index in [1.165, 1.54) is 0 Å². The number of benzene rings is 1. The first-order valence-corrected chi connectivity index (χ1v) is 6.35. The lowest BCUT2D eigenvalue weighted by Crippen LogP contribution is -2.29. The number of hydrogen-bond donors (Lipinski definition) is 2. The number of aliphatic carboxylic acids is 1. The molecule has 1 fully saturated rings. The van der Waals surface area contributed by atoms with Gasteiger partial charge in [-0.05, 0) is 40.5 Å². The minimum absolute atomic E-state index is 0.169. The molecule has 1 atom stereocenters. The van der Waals surface area contributed by atoms with Crippen LogP contribution in [0.4, 0.5) is 5.69 Å². The molecule has 0 spiro atoms. The second-order valence-electron chi connectivity index (χ2n) is 4.31. The SMILES string of the molecule is Nc1cc(C(=O)N2CCC(C(=O)O)C2)ccc1Br. The summed E-state index contributed by atoms with van der Waals surface area (Å²) in [5.74, 6) is -1.47. The highest BCUT2D eigenvalue weighted by Gasteiger charge is 2.31. The average Bonchev–Trinajstić information content (AvgIpc) is 2.81. The van der Waals surface area contributed by atoms with E-state index in [1.54, 1.807) is 23.1 Å². The summed E-state index contributed by atoms with van der Waals surface area (Å²) in [6, 6.07) is 4.99. The van der Waals surface area contributed by atoms with Gasteiger partial charge in [0.1, 0.15) is 0 Å². The number of likely N-dealkylation sites (tertiary alicyclic amines) is 1. The molecule has 1 saturated heterocycles. The molecule has 1 unspecified atom stereocenters. The summed E-state index contributed by atoms with van der Waals surface area (Å²) < 4.78 is 0.740. The van der Waals surface area contributed by atoms with E-state index < -0.39 is 11.9 Å². The van der Waals surface area contributed by atoms with E-state index in [-0.39, 0.29) is 12.5 Å². The van der Waals surface area contributed by atoms with Crippen molar-refractivity contribution in [1.82, 2.24) is 4.90 Å². The molecule has 0 aromatic heterocycles. The van der Waals surface area contributed by atoms with Crippen molar-refractivity contribution in [3.05, 3.63) is 28.2 Å². The Balaban J connectivity index is 2.12. The van der Waals surface area contributed by atoms with Crippen molar-refractivity contribution >= 4 is 33.5 Å². The third kappa shape index (κ3) is 2.48. The maximum Gasteiger partial charge on any atom is 0.308 e. The molecule has 0 bridgehead atoms.